The molecule has 0 unspecified atom stereocenters. The van der Waals surface area contributed by atoms with Crippen LogP contribution in [-0.4, -0.2) is 21.9 Å². The highest BCUT2D eigenvalue weighted by Crippen LogP contribution is 2.28. The number of carboxylic acids is 1. The van der Waals surface area contributed by atoms with Crippen LogP contribution in [-0.2, 0) is 9.59 Å². The van der Waals surface area contributed by atoms with Gasteiger partial charge in [0, 0.05) is 18.2 Å². The molecule has 108 valence electrons. The maximum atomic E-state index is 11.7. The Morgan fingerprint density at radius 1 is 1.45 bits per heavy atom. The normalized spacial score (nSPS) is 10.9. The molecule has 0 aliphatic carbocycles. The molecule has 2 N–H and O–H groups in total. The van der Waals surface area contributed by atoms with E-state index in [0.717, 1.165) is 0 Å². The van der Waals surface area contributed by atoms with E-state index in [9.17, 15) is 19.7 Å². The van der Waals surface area contributed by atoms with E-state index in [0.29, 0.717) is 0 Å². The summed E-state index contributed by atoms with van der Waals surface area (Å²) in [4.78, 5) is 32.6. The number of aliphatic carboxylic acids is 1. The summed E-state index contributed by atoms with van der Waals surface area (Å²) in [5.74, 6) is -1.60. The van der Waals surface area contributed by atoms with E-state index in [2.05, 4.69) is 5.32 Å². The lowest BCUT2D eigenvalue weighted by molar-refractivity contribution is -0.384. The molecule has 0 aliphatic heterocycles. The van der Waals surface area contributed by atoms with Crippen molar-refractivity contribution in [3.63, 3.8) is 0 Å². The van der Waals surface area contributed by atoms with Crippen molar-refractivity contribution in [2.45, 2.75) is 20.3 Å². The van der Waals surface area contributed by atoms with Gasteiger partial charge in [-0.25, -0.2) is 0 Å². The fourth-order valence-corrected chi connectivity index (χ4v) is 1.66. The second-order valence-electron chi connectivity index (χ2n) is 4.84. The number of carbonyl (C=O) groups excluding carboxylic acids is 1. The van der Waals surface area contributed by atoms with E-state index in [4.69, 9.17) is 16.7 Å². The van der Waals surface area contributed by atoms with Crippen molar-refractivity contribution in [1.29, 1.82) is 0 Å². The lowest BCUT2D eigenvalue weighted by Gasteiger charge is -2.18. The van der Waals surface area contributed by atoms with Crippen LogP contribution in [0.4, 0.5) is 11.4 Å². The predicted octanol–water partition coefficient (Wildman–Crippen LogP) is 2.69. The number of hydrogen-bond donors (Lipinski definition) is 2. The molecule has 0 aliphatic rings. The first kappa shape index (κ1) is 15.9. The van der Waals surface area contributed by atoms with Crippen molar-refractivity contribution < 1.29 is 19.6 Å². The smallest absolute Gasteiger partial charge is 0.309 e. The zero-order chi connectivity index (χ0) is 15.5. The molecular formula is C12H13ClN2O5. The molecule has 1 aromatic carbocycles. The van der Waals surface area contributed by atoms with Gasteiger partial charge < -0.3 is 10.4 Å². The summed E-state index contributed by atoms with van der Waals surface area (Å²) < 4.78 is 0. The van der Waals surface area contributed by atoms with Gasteiger partial charge in [-0.3, -0.25) is 19.7 Å². The Morgan fingerprint density at radius 3 is 2.50 bits per heavy atom. The predicted molar refractivity (Wildman–Crippen MR) is 72.8 cm³/mol. The van der Waals surface area contributed by atoms with Gasteiger partial charge in [-0.2, -0.15) is 0 Å². The van der Waals surface area contributed by atoms with Crippen LogP contribution < -0.4 is 5.32 Å². The van der Waals surface area contributed by atoms with Crippen molar-refractivity contribution in [1.82, 2.24) is 0 Å². The molecule has 1 amide bonds. The monoisotopic (exact) mass is 300 g/mol. The third-order valence-electron chi connectivity index (χ3n) is 2.61. The minimum Gasteiger partial charge on any atom is -0.481 e. The van der Waals surface area contributed by atoms with Gasteiger partial charge in [0.05, 0.1) is 10.3 Å². The minimum atomic E-state index is -1.20. The number of nitro benzene ring substituents is 1. The Labute approximate surface area is 119 Å². The summed E-state index contributed by atoms with van der Waals surface area (Å²) >= 11 is 5.70. The second kappa shape index (κ2) is 5.87. The van der Waals surface area contributed by atoms with Crippen LogP contribution in [0.2, 0.25) is 5.02 Å². The van der Waals surface area contributed by atoms with Crippen LogP contribution in [0.1, 0.15) is 20.3 Å². The number of benzene rings is 1. The zero-order valence-corrected chi connectivity index (χ0v) is 11.6. The Kier molecular flexibility index (Phi) is 4.67. The van der Waals surface area contributed by atoms with Crippen molar-refractivity contribution in [2.75, 3.05) is 5.32 Å². The fraction of sp³-hybridized carbons (Fsp3) is 0.333. The Balaban J connectivity index is 2.80. The van der Waals surface area contributed by atoms with E-state index in [1.807, 2.05) is 0 Å². The molecule has 8 heteroatoms. The summed E-state index contributed by atoms with van der Waals surface area (Å²) in [7, 11) is 0. The summed E-state index contributed by atoms with van der Waals surface area (Å²) in [6.07, 6.45) is -0.225. The quantitative estimate of drug-likeness (QED) is 0.641. The highest BCUT2D eigenvalue weighted by Gasteiger charge is 2.30. The molecule has 0 aromatic heterocycles. The van der Waals surface area contributed by atoms with Gasteiger partial charge in [0.25, 0.3) is 5.69 Å². The topological polar surface area (TPSA) is 110 Å². The van der Waals surface area contributed by atoms with E-state index >= 15 is 0 Å². The Hall–Kier alpha value is -2.15. The third-order valence-corrected chi connectivity index (χ3v) is 2.91. The van der Waals surface area contributed by atoms with E-state index in [1.54, 1.807) is 0 Å². The number of anilines is 1. The highest BCUT2D eigenvalue weighted by molar-refractivity contribution is 6.33. The van der Waals surface area contributed by atoms with Crippen LogP contribution in [0, 0.1) is 15.5 Å². The van der Waals surface area contributed by atoms with Crippen LogP contribution in [0.15, 0.2) is 18.2 Å². The molecule has 0 spiro atoms. The molecule has 7 nitrogen and oxygen atoms in total. The third kappa shape index (κ3) is 3.92. The number of amides is 1. The van der Waals surface area contributed by atoms with E-state index in [-0.39, 0.29) is 22.8 Å². The van der Waals surface area contributed by atoms with Crippen LogP contribution in [0.25, 0.3) is 0 Å². The number of rotatable bonds is 5. The van der Waals surface area contributed by atoms with Crippen LogP contribution >= 0.6 is 11.6 Å². The molecule has 0 saturated heterocycles. The molecule has 0 fully saturated rings. The molecule has 0 radical (unpaired) electrons. The highest BCUT2D eigenvalue weighted by atomic mass is 35.5. The number of nitro groups is 1. The van der Waals surface area contributed by atoms with Crippen molar-refractivity contribution in [2.24, 2.45) is 5.41 Å². The second-order valence-corrected chi connectivity index (χ2v) is 5.24. The molecule has 0 heterocycles. The molecule has 1 aromatic rings. The number of halogens is 1. The van der Waals surface area contributed by atoms with Crippen molar-refractivity contribution in [3.05, 3.63) is 33.3 Å². The van der Waals surface area contributed by atoms with Crippen molar-refractivity contribution in [3.8, 4) is 0 Å². The van der Waals surface area contributed by atoms with Gasteiger partial charge in [0.2, 0.25) is 5.91 Å². The SMILES string of the molecule is CC(C)(CC(=O)Nc1ccc([N+](=O)[O-])c(Cl)c1)C(=O)O. The van der Waals surface area contributed by atoms with Gasteiger partial charge >= 0.3 is 5.97 Å². The molecular weight excluding hydrogens is 288 g/mol. The summed E-state index contributed by atoms with van der Waals surface area (Å²) in [5, 5.41) is 21.9. The number of carbonyl (C=O) groups is 2. The Morgan fingerprint density at radius 2 is 2.05 bits per heavy atom. The first-order valence-electron chi connectivity index (χ1n) is 5.60. The Bertz CT molecular complexity index is 571. The van der Waals surface area contributed by atoms with Gasteiger partial charge in [-0.05, 0) is 26.0 Å². The number of carboxylic acid groups (broad SMARTS) is 1. The largest absolute Gasteiger partial charge is 0.481 e. The molecule has 0 bridgehead atoms. The van der Waals surface area contributed by atoms with Crippen LogP contribution in [0.3, 0.4) is 0 Å². The maximum Gasteiger partial charge on any atom is 0.309 e. The maximum absolute atomic E-state index is 11.7. The lowest BCUT2D eigenvalue weighted by atomic mass is 9.89. The van der Waals surface area contributed by atoms with E-state index in [1.165, 1.54) is 32.0 Å². The summed E-state index contributed by atoms with van der Waals surface area (Å²) in [6.45, 7) is 2.86. The number of hydrogen-bond acceptors (Lipinski definition) is 4. The molecule has 20 heavy (non-hydrogen) atoms. The number of nitrogens with one attached hydrogen (secondary N) is 1. The van der Waals surface area contributed by atoms with Crippen LogP contribution in [0.5, 0.6) is 0 Å². The average Bonchev–Trinajstić information content (AvgIpc) is 2.26. The summed E-state index contributed by atoms with van der Waals surface area (Å²) in [6, 6.07) is 3.74. The van der Waals surface area contributed by atoms with E-state index < -0.39 is 22.2 Å². The van der Waals surface area contributed by atoms with Crippen molar-refractivity contribution >= 4 is 34.9 Å². The summed E-state index contributed by atoms with van der Waals surface area (Å²) in [5.41, 5.74) is -1.20. The first-order chi connectivity index (χ1) is 9.13. The first-order valence-corrected chi connectivity index (χ1v) is 5.98. The standard InChI is InChI=1S/C12H13ClN2O5/c1-12(2,11(17)18)6-10(16)14-7-3-4-9(15(19)20)8(13)5-7/h3-5H,6H2,1-2H3,(H,14,16)(H,17,18). The molecule has 0 atom stereocenters. The van der Waals surface area contributed by atoms with Gasteiger partial charge in [-0.1, -0.05) is 11.6 Å². The van der Waals surface area contributed by atoms with Gasteiger partial charge in [0.1, 0.15) is 5.02 Å². The lowest BCUT2D eigenvalue weighted by Crippen LogP contribution is -2.29. The fourth-order valence-electron chi connectivity index (χ4n) is 1.41. The van der Waals surface area contributed by atoms with Gasteiger partial charge in [0.15, 0.2) is 0 Å². The minimum absolute atomic E-state index is 0.106. The van der Waals surface area contributed by atoms with Gasteiger partial charge in [-0.15, -0.1) is 0 Å². The number of nitrogens with zero attached hydrogens (tertiary/aromatic N) is 1. The average molecular weight is 301 g/mol. The molecule has 1 rings (SSSR count). The molecule has 0 saturated carbocycles. The zero-order valence-electron chi connectivity index (χ0n) is 10.8.